The molecule has 0 spiro atoms. The summed E-state index contributed by atoms with van der Waals surface area (Å²) in [5, 5.41) is 9.20. The molecule has 0 aliphatic carbocycles. The molecular weight excluding hydrogens is 909 g/mol. The van der Waals surface area contributed by atoms with Gasteiger partial charge in [0.1, 0.15) is 16.7 Å². The van der Waals surface area contributed by atoms with Gasteiger partial charge in [-0.1, -0.05) is 24.6 Å². The number of anilines is 1. The van der Waals surface area contributed by atoms with E-state index in [-0.39, 0.29) is 48.9 Å². The van der Waals surface area contributed by atoms with Gasteiger partial charge in [-0.15, -0.1) is 0 Å². The minimum Gasteiger partial charge on any atom is -0.744 e. The van der Waals surface area contributed by atoms with Gasteiger partial charge >= 0.3 is 5.97 Å². The third kappa shape index (κ3) is 15.1. The Morgan fingerprint density at radius 2 is 1.37 bits per heavy atom. The Bertz CT molecular complexity index is 2420. The van der Waals surface area contributed by atoms with E-state index in [0.29, 0.717) is 100 Å². The van der Waals surface area contributed by atoms with Gasteiger partial charge in [0, 0.05) is 68.3 Å². The van der Waals surface area contributed by atoms with Crippen LogP contribution in [-0.4, -0.2) is 146 Å². The van der Waals surface area contributed by atoms with Crippen LogP contribution in [0.1, 0.15) is 69.9 Å². The summed E-state index contributed by atoms with van der Waals surface area (Å²) in [4.78, 5) is 12.6. The number of carbonyl (C=O) groups is 1. The number of allylic oxidation sites excluding steroid dienone is 6. The number of unbranched alkanes of at least 4 members (excludes halogenated alkanes) is 2. The SMILES string of the molecule is COCCOCCOCCOCCC1(C)\C(=C/C=C/C=C/C2=[N+](CCOC)c3ccc(S(=O)(=O)O)cc3C2(C)CCCS(=O)(=O)O)N(CCCCCC(=O)O)c2ccc(S(=O)(=O)[O-])cc21. The maximum Gasteiger partial charge on any atom is 0.303 e. The van der Waals surface area contributed by atoms with Crippen molar-refractivity contribution in [2.24, 2.45) is 0 Å². The van der Waals surface area contributed by atoms with Gasteiger partial charge in [0.2, 0.25) is 5.69 Å². The van der Waals surface area contributed by atoms with Crippen molar-refractivity contribution in [1.82, 2.24) is 0 Å². The van der Waals surface area contributed by atoms with Crippen molar-refractivity contribution < 1.29 is 77.1 Å². The monoisotopic (exact) mass is 970 g/mol. The van der Waals surface area contributed by atoms with Crippen LogP contribution in [0.3, 0.4) is 0 Å². The van der Waals surface area contributed by atoms with Crippen LogP contribution in [-0.2, 0) is 69.7 Å². The lowest BCUT2D eigenvalue weighted by molar-refractivity contribution is -0.441. The first kappa shape index (κ1) is 53.7. The molecule has 21 heteroatoms. The summed E-state index contributed by atoms with van der Waals surface area (Å²) < 4.78 is 134. The van der Waals surface area contributed by atoms with E-state index in [2.05, 4.69) is 0 Å². The van der Waals surface area contributed by atoms with Gasteiger partial charge in [0.05, 0.1) is 60.6 Å². The molecule has 0 aromatic heterocycles. The average Bonchev–Trinajstić information content (AvgIpc) is 3.60. The Morgan fingerprint density at radius 3 is 1.98 bits per heavy atom. The summed E-state index contributed by atoms with van der Waals surface area (Å²) in [6.45, 7) is 7.41. The van der Waals surface area contributed by atoms with Crippen molar-refractivity contribution in [2.75, 3.05) is 90.8 Å². The molecule has 2 aromatic rings. The largest absolute Gasteiger partial charge is 0.744 e. The van der Waals surface area contributed by atoms with Crippen molar-refractivity contribution in [3.05, 3.63) is 83.6 Å². The van der Waals surface area contributed by atoms with Gasteiger partial charge in [0.15, 0.2) is 12.3 Å². The van der Waals surface area contributed by atoms with Gasteiger partial charge in [0.25, 0.3) is 20.2 Å². The first-order valence-corrected chi connectivity index (χ1v) is 25.7. The highest BCUT2D eigenvalue weighted by Gasteiger charge is 2.48. The lowest BCUT2D eigenvalue weighted by Crippen LogP contribution is -2.32. The summed E-state index contributed by atoms with van der Waals surface area (Å²) in [5.41, 5.74) is 2.08. The highest BCUT2D eigenvalue weighted by Crippen LogP contribution is 2.51. The summed E-state index contributed by atoms with van der Waals surface area (Å²) >= 11 is 0. The Hall–Kier alpha value is -3.87. The molecule has 0 saturated carbocycles. The number of methoxy groups -OCH3 is 2. The normalized spacial score (nSPS) is 19.6. The van der Waals surface area contributed by atoms with Gasteiger partial charge in [-0.05, 0) is 87.9 Å². The van der Waals surface area contributed by atoms with E-state index in [9.17, 15) is 48.8 Å². The zero-order valence-electron chi connectivity index (χ0n) is 37.3. The van der Waals surface area contributed by atoms with Gasteiger partial charge < -0.3 is 38.2 Å². The number of carboxylic acid groups (broad SMARTS) is 1. The summed E-state index contributed by atoms with van der Waals surface area (Å²) in [6.07, 6.45) is 11.4. The minimum atomic E-state index is -4.81. The molecule has 0 saturated heterocycles. The van der Waals surface area contributed by atoms with Crippen LogP contribution >= 0.6 is 0 Å². The Balaban J connectivity index is 1.71. The molecule has 18 nitrogen and oxygen atoms in total. The van der Waals surface area contributed by atoms with Crippen LogP contribution in [0, 0.1) is 0 Å². The molecule has 0 radical (unpaired) electrons. The number of aliphatic carboxylic acids is 1. The number of ether oxygens (including phenoxy) is 5. The fourth-order valence-electron chi connectivity index (χ4n) is 8.22. The van der Waals surface area contributed by atoms with Gasteiger partial charge in [-0.2, -0.15) is 21.4 Å². The second kappa shape index (κ2) is 24.2. The molecule has 2 heterocycles. The average molecular weight is 971 g/mol. The highest BCUT2D eigenvalue weighted by molar-refractivity contribution is 7.86. The lowest BCUT2D eigenvalue weighted by atomic mass is 9.76. The van der Waals surface area contributed by atoms with Crippen molar-refractivity contribution in [3.8, 4) is 0 Å². The fourth-order valence-corrected chi connectivity index (χ4v) is 9.73. The molecule has 65 heavy (non-hydrogen) atoms. The Kier molecular flexibility index (Phi) is 20.0. The number of hydrogen-bond acceptors (Lipinski definition) is 14. The second-order valence-electron chi connectivity index (χ2n) is 16.1. The van der Waals surface area contributed by atoms with E-state index in [0.717, 1.165) is 5.70 Å². The quantitative estimate of drug-likeness (QED) is 0.0402. The number of carboxylic acids is 1. The topological polar surface area (TPSA) is 256 Å². The maximum absolute atomic E-state index is 12.3. The smallest absolute Gasteiger partial charge is 0.303 e. The molecule has 2 aliphatic rings. The first-order valence-electron chi connectivity index (χ1n) is 21.3. The third-order valence-electron chi connectivity index (χ3n) is 11.5. The first-order chi connectivity index (χ1) is 30.7. The van der Waals surface area contributed by atoms with Crippen LogP contribution in [0.2, 0.25) is 0 Å². The third-order valence-corrected chi connectivity index (χ3v) is 14.0. The fraction of sp³-hybridized carbons (Fsp3) is 0.545. The number of fused-ring (bicyclic) bond motifs is 2. The molecule has 0 amide bonds. The summed E-state index contributed by atoms with van der Waals surface area (Å²) in [7, 11) is -10.6. The molecule has 0 fully saturated rings. The molecular formula is C44H62N2O16S3. The molecule has 2 unspecified atom stereocenters. The molecule has 3 N–H and O–H groups in total. The summed E-state index contributed by atoms with van der Waals surface area (Å²) in [5.74, 6) is -1.42. The molecule has 362 valence electrons. The Morgan fingerprint density at radius 1 is 0.738 bits per heavy atom. The predicted octanol–water partition coefficient (Wildman–Crippen LogP) is 5.01. The standard InChI is InChI=1S/C44H62N2O16S3/c1-43(19-11-31-63(49,50)51)36-32-34(64(52,53)54)16-18-39(36)46(22-24-58-3)40(43)12-7-5-8-13-41-44(2,20-23-60-27-28-62-30-29-61-26-25-59-4)37-33-35(65(55,56)57)15-17-38(37)45(41)21-10-6-9-14-42(47)48/h5,7-8,12-13,15-18,32-33H,6,9-11,14,19-31H2,1-4H3,(H3-,47,48,49,50,51,52,53,54,55,56,57). The highest BCUT2D eigenvalue weighted by atomic mass is 32.2. The number of nitrogens with zero attached hydrogens (tertiary/aromatic N) is 2. The van der Waals surface area contributed by atoms with E-state index >= 15 is 0 Å². The van der Waals surface area contributed by atoms with Crippen molar-refractivity contribution in [3.63, 3.8) is 0 Å². The van der Waals surface area contributed by atoms with Crippen LogP contribution < -0.4 is 4.90 Å². The van der Waals surface area contributed by atoms with Gasteiger partial charge in [-0.25, -0.2) is 8.42 Å². The van der Waals surface area contributed by atoms with E-state index in [1.165, 1.54) is 31.4 Å². The van der Waals surface area contributed by atoms with Crippen LogP contribution in [0.5, 0.6) is 0 Å². The zero-order chi connectivity index (χ0) is 47.9. The maximum atomic E-state index is 12.3. The number of benzene rings is 2. The second-order valence-corrected chi connectivity index (χ2v) is 20.5. The molecule has 4 rings (SSSR count). The molecule has 2 aliphatic heterocycles. The summed E-state index contributed by atoms with van der Waals surface area (Å²) in [6, 6.07) is 8.54. The van der Waals surface area contributed by atoms with Crippen molar-refractivity contribution in [1.29, 1.82) is 0 Å². The number of hydrogen-bond donors (Lipinski definition) is 3. The van der Waals surface area contributed by atoms with Crippen LogP contribution in [0.4, 0.5) is 11.4 Å². The lowest BCUT2D eigenvalue weighted by Gasteiger charge is -2.30. The van der Waals surface area contributed by atoms with Crippen molar-refractivity contribution in [2.45, 2.75) is 79.4 Å². The van der Waals surface area contributed by atoms with E-state index < -0.39 is 52.9 Å². The van der Waals surface area contributed by atoms with Crippen LogP contribution in [0.15, 0.2) is 82.3 Å². The van der Waals surface area contributed by atoms with E-state index in [1.807, 2.05) is 35.5 Å². The zero-order valence-corrected chi connectivity index (χ0v) is 39.8. The van der Waals surface area contributed by atoms with Crippen molar-refractivity contribution >= 4 is 53.4 Å². The molecule has 2 aromatic carbocycles. The number of rotatable bonds is 30. The van der Waals surface area contributed by atoms with Gasteiger partial charge in [-0.3, -0.25) is 13.9 Å². The Labute approximate surface area is 382 Å². The minimum absolute atomic E-state index is 0.0208. The molecule has 2 atom stereocenters. The van der Waals surface area contributed by atoms with Crippen LogP contribution in [0.25, 0.3) is 0 Å². The molecule has 0 bridgehead atoms. The van der Waals surface area contributed by atoms with E-state index in [1.54, 1.807) is 37.5 Å². The van der Waals surface area contributed by atoms with E-state index in [4.69, 9.17) is 23.7 Å². The predicted molar refractivity (Wildman–Crippen MR) is 241 cm³/mol.